The summed E-state index contributed by atoms with van der Waals surface area (Å²) < 4.78 is 49.8. The zero-order valence-corrected chi connectivity index (χ0v) is 12.8. The fourth-order valence-electron chi connectivity index (χ4n) is 1.50. The second kappa shape index (κ2) is 5.64. The van der Waals surface area contributed by atoms with Crippen molar-refractivity contribution in [2.24, 2.45) is 5.14 Å². The monoisotopic (exact) mass is 347 g/mol. The molecule has 0 aliphatic heterocycles. The van der Waals surface area contributed by atoms with Gasteiger partial charge in [0.1, 0.15) is 11.5 Å². The SMILES string of the molecule is NS(=O)(=O)c1ccc(Oc2ccc(S(=O)(=O)Cl)cc2)cc1. The summed E-state index contributed by atoms with van der Waals surface area (Å²) in [7, 11) is -2.34. The molecule has 0 saturated carbocycles. The van der Waals surface area contributed by atoms with E-state index < -0.39 is 19.1 Å². The maximum atomic E-state index is 11.1. The summed E-state index contributed by atoms with van der Waals surface area (Å²) in [4.78, 5) is -0.0699. The Labute approximate surface area is 126 Å². The Morgan fingerprint density at radius 2 is 1.14 bits per heavy atom. The average Bonchev–Trinajstić information content (AvgIpc) is 2.38. The first-order chi connectivity index (χ1) is 9.66. The lowest BCUT2D eigenvalue weighted by Gasteiger charge is -2.06. The van der Waals surface area contributed by atoms with E-state index in [0.29, 0.717) is 11.5 Å². The molecule has 0 fully saturated rings. The standard InChI is InChI=1S/C12H10ClNO5S2/c13-20(15,16)11-5-1-9(2-6-11)19-10-3-7-12(8-4-10)21(14,17)18/h1-8H,(H2,14,17,18). The van der Waals surface area contributed by atoms with Gasteiger partial charge in [-0.2, -0.15) is 0 Å². The van der Waals surface area contributed by atoms with Crippen molar-refractivity contribution in [1.29, 1.82) is 0 Å². The maximum absolute atomic E-state index is 11.1. The summed E-state index contributed by atoms with van der Waals surface area (Å²) in [6.45, 7) is 0. The Morgan fingerprint density at radius 3 is 1.48 bits per heavy atom. The Hall–Kier alpha value is -1.61. The number of halogens is 1. The van der Waals surface area contributed by atoms with Crippen LogP contribution in [-0.2, 0) is 19.1 Å². The summed E-state index contributed by atoms with van der Waals surface area (Å²) in [5.41, 5.74) is 0. The number of hydrogen-bond donors (Lipinski definition) is 1. The summed E-state index contributed by atoms with van der Waals surface area (Å²) in [6, 6.07) is 11.0. The number of benzene rings is 2. The highest BCUT2D eigenvalue weighted by atomic mass is 35.7. The zero-order valence-electron chi connectivity index (χ0n) is 10.4. The molecule has 0 heterocycles. The van der Waals surface area contributed by atoms with Gasteiger partial charge in [-0.15, -0.1) is 0 Å². The molecule has 0 bridgehead atoms. The van der Waals surface area contributed by atoms with Crippen molar-refractivity contribution in [2.45, 2.75) is 9.79 Å². The van der Waals surface area contributed by atoms with E-state index in [1.165, 1.54) is 48.5 Å². The molecule has 2 rings (SSSR count). The third-order valence-corrected chi connectivity index (χ3v) is 4.79. The van der Waals surface area contributed by atoms with Crippen molar-refractivity contribution in [2.75, 3.05) is 0 Å². The number of primary sulfonamides is 1. The van der Waals surface area contributed by atoms with Crippen LogP contribution in [0, 0.1) is 0 Å². The Bertz CT molecular complexity index is 770. The van der Waals surface area contributed by atoms with Crippen molar-refractivity contribution in [3.63, 3.8) is 0 Å². The minimum atomic E-state index is -3.78. The largest absolute Gasteiger partial charge is 0.457 e. The van der Waals surface area contributed by atoms with E-state index >= 15 is 0 Å². The molecule has 0 amide bonds. The molecule has 2 aromatic carbocycles. The Balaban J connectivity index is 2.19. The minimum Gasteiger partial charge on any atom is -0.457 e. The molecule has 2 aromatic rings. The third-order valence-electron chi connectivity index (χ3n) is 2.49. The van der Waals surface area contributed by atoms with Crippen LogP contribution in [0.4, 0.5) is 0 Å². The molecule has 112 valence electrons. The lowest BCUT2D eigenvalue weighted by molar-refractivity contribution is 0.481. The van der Waals surface area contributed by atoms with Gasteiger partial charge in [-0.25, -0.2) is 22.0 Å². The number of nitrogens with two attached hydrogens (primary N) is 1. The van der Waals surface area contributed by atoms with E-state index in [1.807, 2.05) is 0 Å². The van der Waals surface area contributed by atoms with E-state index in [-0.39, 0.29) is 9.79 Å². The van der Waals surface area contributed by atoms with Crippen LogP contribution in [-0.4, -0.2) is 16.8 Å². The predicted octanol–water partition coefficient (Wildman–Crippen LogP) is 2.05. The number of ether oxygens (including phenoxy) is 1. The summed E-state index contributed by atoms with van der Waals surface area (Å²) in [5, 5.41) is 4.98. The molecular weight excluding hydrogens is 338 g/mol. The van der Waals surface area contributed by atoms with Crippen LogP contribution in [0.1, 0.15) is 0 Å². The molecule has 6 nitrogen and oxygen atoms in total. The van der Waals surface area contributed by atoms with Crippen LogP contribution < -0.4 is 9.88 Å². The lowest BCUT2D eigenvalue weighted by Crippen LogP contribution is -2.11. The molecule has 21 heavy (non-hydrogen) atoms. The highest BCUT2D eigenvalue weighted by molar-refractivity contribution is 8.13. The van der Waals surface area contributed by atoms with E-state index in [9.17, 15) is 16.8 Å². The van der Waals surface area contributed by atoms with E-state index in [2.05, 4.69) is 0 Å². The molecule has 0 aliphatic carbocycles. The van der Waals surface area contributed by atoms with Crippen molar-refractivity contribution in [1.82, 2.24) is 0 Å². The third kappa shape index (κ3) is 4.18. The fraction of sp³-hybridized carbons (Fsp3) is 0. The lowest BCUT2D eigenvalue weighted by atomic mass is 10.3. The molecule has 0 spiro atoms. The second-order valence-electron chi connectivity index (χ2n) is 4.03. The van der Waals surface area contributed by atoms with Gasteiger partial charge in [0.25, 0.3) is 9.05 Å². The predicted molar refractivity (Wildman–Crippen MR) is 77.4 cm³/mol. The van der Waals surface area contributed by atoms with E-state index in [0.717, 1.165) is 0 Å². The number of rotatable bonds is 4. The average molecular weight is 348 g/mol. The van der Waals surface area contributed by atoms with Crippen molar-refractivity contribution in [3.8, 4) is 11.5 Å². The highest BCUT2D eigenvalue weighted by Gasteiger charge is 2.10. The van der Waals surface area contributed by atoms with Gasteiger partial charge in [0.05, 0.1) is 9.79 Å². The summed E-state index contributed by atoms with van der Waals surface area (Å²) >= 11 is 0. The van der Waals surface area contributed by atoms with E-state index in [1.54, 1.807) is 0 Å². The number of sulfonamides is 1. The zero-order chi connectivity index (χ0) is 15.7. The molecule has 0 aromatic heterocycles. The first-order valence-corrected chi connectivity index (χ1v) is 9.37. The van der Waals surface area contributed by atoms with Gasteiger partial charge in [0.15, 0.2) is 0 Å². The molecular formula is C12H10ClNO5S2. The normalized spacial score (nSPS) is 12.1. The van der Waals surface area contributed by atoms with Crippen LogP contribution in [0.5, 0.6) is 11.5 Å². The number of hydrogen-bond acceptors (Lipinski definition) is 5. The van der Waals surface area contributed by atoms with Crippen molar-refractivity contribution < 1.29 is 21.6 Å². The second-order valence-corrected chi connectivity index (χ2v) is 8.16. The van der Waals surface area contributed by atoms with Gasteiger partial charge in [-0.1, -0.05) is 0 Å². The summed E-state index contributed by atoms with van der Waals surface area (Å²) in [5.74, 6) is 0.756. The van der Waals surface area contributed by atoms with Crippen LogP contribution in [0.3, 0.4) is 0 Å². The van der Waals surface area contributed by atoms with Gasteiger partial charge in [-0.05, 0) is 48.5 Å². The molecule has 0 atom stereocenters. The highest BCUT2D eigenvalue weighted by Crippen LogP contribution is 2.24. The van der Waals surface area contributed by atoms with Gasteiger partial charge >= 0.3 is 0 Å². The molecule has 2 N–H and O–H groups in total. The van der Waals surface area contributed by atoms with Gasteiger partial charge in [-0.3, -0.25) is 0 Å². The van der Waals surface area contributed by atoms with Crippen LogP contribution in [0.2, 0.25) is 0 Å². The quantitative estimate of drug-likeness (QED) is 0.852. The van der Waals surface area contributed by atoms with Crippen LogP contribution in [0.15, 0.2) is 58.3 Å². The fourth-order valence-corrected chi connectivity index (χ4v) is 2.79. The first-order valence-electron chi connectivity index (χ1n) is 5.52. The Kier molecular flexibility index (Phi) is 4.24. The summed E-state index contributed by atoms with van der Waals surface area (Å²) in [6.07, 6.45) is 0. The van der Waals surface area contributed by atoms with Gasteiger partial charge < -0.3 is 4.74 Å². The Morgan fingerprint density at radius 1 is 0.762 bits per heavy atom. The van der Waals surface area contributed by atoms with Gasteiger partial charge in [0.2, 0.25) is 10.0 Å². The molecule has 0 saturated heterocycles. The van der Waals surface area contributed by atoms with Crippen molar-refractivity contribution in [3.05, 3.63) is 48.5 Å². The molecule has 0 aliphatic rings. The van der Waals surface area contributed by atoms with Gasteiger partial charge in [0, 0.05) is 10.7 Å². The van der Waals surface area contributed by atoms with Crippen LogP contribution >= 0.6 is 10.7 Å². The molecule has 0 radical (unpaired) electrons. The van der Waals surface area contributed by atoms with Crippen molar-refractivity contribution >= 4 is 29.8 Å². The molecule has 0 unspecified atom stereocenters. The maximum Gasteiger partial charge on any atom is 0.261 e. The minimum absolute atomic E-state index is 0.0292. The smallest absolute Gasteiger partial charge is 0.261 e. The van der Waals surface area contributed by atoms with E-state index in [4.69, 9.17) is 20.6 Å². The molecule has 9 heteroatoms. The van der Waals surface area contributed by atoms with Crippen LogP contribution in [0.25, 0.3) is 0 Å². The topological polar surface area (TPSA) is 104 Å². The first kappa shape index (κ1) is 15.8.